The zero-order valence-electron chi connectivity index (χ0n) is 8.97. The normalized spacial score (nSPS) is 16.2. The number of hydrogen-bond donors (Lipinski definition) is 0. The third-order valence-electron chi connectivity index (χ3n) is 1.33. The predicted octanol–water partition coefficient (Wildman–Crippen LogP) is 5.94. The zero-order chi connectivity index (χ0) is 12.2. The van der Waals surface area contributed by atoms with Gasteiger partial charge in [0.1, 0.15) is 0 Å². The Kier molecular flexibility index (Phi) is 39.8. The van der Waals surface area contributed by atoms with Gasteiger partial charge in [-0.05, 0) is 25.7 Å². The predicted molar refractivity (Wildman–Crippen MR) is 85.1 cm³/mol. The fourth-order valence-electron chi connectivity index (χ4n) is 0.856. The zero-order valence-corrected chi connectivity index (χ0v) is 20.5. The van der Waals surface area contributed by atoms with Crippen LogP contribution in [0.25, 0.3) is 0 Å². The quantitative estimate of drug-likeness (QED) is 0.257. The molecule has 17 heavy (non-hydrogen) atoms. The first-order chi connectivity index (χ1) is 7.00. The molecule has 0 nitrogen and oxygen atoms in total. The van der Waals surface area contributed by atoms with Crippen molar-refractivity contribution in [2.45, 2.75) is 40.5 Å². The van der Waals surface area contributed by atoms with Gasteiger partial charge in [0.15, 0.2) is 0 Å². The van der Waals surface area contributed by atoms with Crippen molar-refractivity contribution < 1.29 is 11.9 Å². The van der Waals surface area contributed by atoms with E-state index < -0.39 is 11.9 Å². The Morgan fingerprint density at radius 3 is 0.882 bits per heavy atom. The molecule has 1 aliphatic carbocycles. The average Bonchev–Trinajstić information content (AvgIpc) is 2.03. The van der Waals surface area contributed by atoms with Crippen LogP contribution >= 0.6 is 37.7 Å². The summed E-state index contributed by atoms with van der Waals surface area (Å²) in [5.74, 6) is 0. The molecule has 0 saturated carbocycles. The van der Waals surface area contributed by atoms with Gasteiger partial charge in [0, 0.05) is 0 Å². The third kappa shape index (κ3) is 44.9. The average molecular weight is 555 g/mol. The van der Waals surface area contributed by atoms with Crippen LogP contribution in [-0.4, -0.2) is 63.2 Å². The molecule has 0 heterocycles. The van der Waals surface area contributed by atoms with Gasteiger partial charge in [-0.15, -0.1) is 0 Å². The maximum atomic E-state index is 5.01. The molecule has 0 amide bonds. The summed E-state index contributed by atoms with van der Waals surface area (Å²) in [7, 11) is 20.0. The van der Waals surface area contributed by atoms with E-state index in [-0.39, 0.29) is 14.9 Å². The Morgan fingerprint density at radius 1 is 0.647 bits per heavy atom. The van der Waals surface area contributed by atoms with Gasteiger partial charge < -0.3 is 0 Å². The van der Waals surface area contributed by atoms with Crippen LogP contribution in [0.4, 0.5) is 0 Å². The van der Waals surface area contributed by atoms with Crippen molar-refractivity contribution in [1.29, 1.82) is 0 Å². The first-order valence-electron chi connectivity index (χ1n) is 4.78. The Bertz CT molecular complexity index is 150. The van der Waals surface area contributed by atoms with Gasteiger partial charge in [0.25, 0.3) is 0 Å². The van der Waals surface area contributed by atoms with Crippen molar-refractivity contribution in [3.05, 3.63) is 24.3 Å². The van der Waals surface area contributed by atoms with Gasteiger partial charge in [0.2, 0.25) is 0 Å². The second-order valence-corrected chi connectivity index (χ2v) is 22.1. The van der Waals surface area contributed by atoms with Gasteiger partial charge in [-0.25, -0.2) is 0 Å². The Hall–Kier alpha value is 4.60. The number of rotatable bonds is 0. The summed E-state index contributed by atoms with van der Waals surface area (Å²) in [6.07, 6.45) is 14.0. The molecule has 0 aliphatic heterocycles. The van der Waals surface area contributed by atoms with Crippen LogP contribution < -0.4 is 0 Å². The molecule has 0 spiro atoms. The van der Waals surface area contributed by atoms with Gasteiger partial charge in [-0.2, -0.15) is 0 Å². The second kappa shape index (κ2) is 22.9. The molecule has 0 saturated heterocycles. The van der Waals surface area contributed by atoms with Crippen molar-refractivity contribution in [3.63, 3.8) is 0 Å². The van der Waals surface area contributed by atoms with E-state index in [0.717, 1.165) is 0 Å². The van der Waals surface area contributed by atoms with Crippen molar-refractivity contribution >= 4 is 101 Å². The molecule has 0 N–H and O–H groups in total. The second-order valence-electron chi connectivity index (χ2n) is 2.37. The molecule has 0 aromatic carbocycles. The van der Waals surface area contributed by atoms with Crippen LogP contribution in [0.1, 0.15) is 40.5 Å². The molecule has 0 aromatic heterocycles. The molecule has 0 atom stereocenters. The Labute approximate surface area is 172 Å². The summed E-state index contributed by atoms with van der Waals surface area (Å²) in [6, 6.07) is 0. The minimum absolute atomic E-state index is 0. The van der Waals surface area contributed by atoms with Crippen molar-refractivity contribution in [2.24, 2.45) is 0 Å². The fourth-order valence-corrected chi connectivity index (χ4v) is 0.856. The van der Waals surface area contributed by atoms with Crippen molar-refractivity contribution in [1.82, 2.24) is 0 Å². The molecular weight excluding hydrogens is 535 g/mol. The van der Waals surface area contributed by atoms with Gasteiger partial charge in [-0.1, -0.05) is 39.2 Å². The number of halogens is 4. The van der Waals surface area contributed by atoms with Crippen LogP contribution in [0.15, 0.2) is 24.3 Å². The molecule has 0 aromatic rings. The van der Waals surface area contributed by atoms with E-state index in [0.29, 0.717) is 0 Å². The molecule has 0 fully saturated rings. The molecule has 0 unspecified atom stereocenters. The number of hydrogen-bond acceptors (Lipinski definition) is 0. The van der Waals surface area contributed by atoms with Gasteiger partial charge in [0.05, 0.1) is 0 Å². The van der Waals surface area contributed by atoms with E-state index >= 15 is 0 Å². The van der Waals surface area contributed by atoms with Crippen LogP contribution in [-0.2, 0) is 11.9 Å². The first kappa shape index (κ1) is 29.6. The molecule has 1 rings (SSSR count). The SMILES string of the molecule is C.C.C1=CCC/C=C\CC1.[Cl][Pt]([Cl])([Cl])[Cl].[K][K]. The summed E-state index contributed by atoms with van der Waals surface area (Å²) in [4.78, 5) is 0. The van der Waals surface area contributed by atoms with E-state index in [1.54, 1.807) is 0 Å². The molecule has 100 valence electrons. The maximum absolute atomic E-state index is 5.01. The van der Waals surface area contributed by atoms with Gasteiger partial charge in [-0.3, -0.25) is 0 Å². The summed E-state index contributed by atoms with van der Waals surface area (Å²) in [6.45, 7) is 0. The molecule has 7 heteroatoms. The summed E-state index contributed by atoms with van der Waals surface area (Å²) >= 11 is -0.556. The van der Waals surface area contributed by atoms with Crippen LogP contribution in [0.2, 0.25) is 0 Å². The summed E-state index contributed by atoms with van der Waals surface area (Å²) < 4.78 is 0. The van der Waals surface area contributed by atoms with Crippen LogP contribution in [0.3, 0.4) is 0 Å². The Balaban J connectivity index is -0.0000000838. The fraction of sp³-hybridized carbons (Fsp3) is 0.600. The summed E-state index contributed by atoms with van der Waals surface area (Å²) in [5, 5.41) is 0. The first-order valence-corrected chi connectivity index (χ1v) is 32.0. The number of allylic oxidation sites excluding steroid dienone is 4. The van der Waals surface area contributed by atoms with E-state index in [2.05, 4.69) is 24.3 Å². The molecule has 0 bridgehead atoms. The topological polar surface area (TPSA) is 0 Å². The monoisotopic (exact) mass is 553 g/mol. The van der Waals surface area contributed by atoms with E-state index in [9.17, 15) is 0 Å². The molecule has 1 aliphatic rings. The van der Waals surface area contributed by atoms with Crippen molar-refractivity contribution in [3.8, 4) is 0 Å². The van der Waals surface area contributed by atoms with Gasteiger partial charge >= 0.3 is 113 Å². The van der Waals surface area contributed by atoms with Crippen molar-refractivity contribution in [2.75, 3.05) is 0 Å². The van der Waals surface area contributed by atoms with Crippen LogP contribution in [0, 0.1) is 0 Å². The molecule has 0 radical (unpaired) electrons. The van der Waals surface area contributed by atoms with E-state index in [1.165, 1.54) is 88.8 Å². The van der Waals surface area contributed by atoms with Crippen LogP contribution in [0.5, 0.6) is 0 Å². The molecular formula is C10H20Cl4K2Pt. The third-order valence-corrected chi connectivity index (χ3v) is 1.33. The van der Waals surface area contributed by atoms with E-state index in [4.69, 9.17) is 37.7 Å². The Morgan fingerprint density at radius 2 is 0.765 bits per heavy atom. The van der Waals surface area contributed by atoms with E-state index in [1.807, 2.05) is 0 Å². The summed E-state index contributed by atoms with van der Waals surface area (Å²) in [5.41, 5.74) is 0. The standard InChI is InChI=1S/C8H12.2CH4.4ClH.2K.Pt/c1-2-4-6-8-7-5-3-1;;;;;;;;;/h1-2,7-8H,3-6H2;2*1H4;4*1H;;;/q;;;;;;;;;+4/p-4/b2-1-,8-7?;;;;;;;;;. The minimum atomic E-state index is -3.06.